The molecule has 0 heterocycles. The summed E-state index contributed by atoms with van der Waals surface area (Å²) in [4.78, 5) is 13.1. The molecular weight excluding hydrogens is 220 g/mol. The molecule has 2 unspecified atom stereocenters. The lowest BCUT2D eigenvalue weighted by Crippen LogP contribution is -2.44. The number of urea groups is 1. The number of rotatable bonds is 6. The minimum Gasteiger partial charge on any atom is -0.393 e. The molecule has 0 aromatic carbocycles. The van der Waals surface area contributed by atoms with Crippen molar-refractivity contribution < 1.29 is 15.0 Å². The number of nitrogens with one attached hydrogen (secondary N) is 1. The highest BCUT2D eigenvalue weighted by Crippen LogP contribution is 2.21. The summed E-state index contributed by atoms with van der Waals surface area (Å²) in [5.41, 5.74) is -0.143. The van der Waals surface area contributed by atoms with E-state index in [-0.39, 0.29) is 17.6 Å². The molecule has 0 aliphatic heterocycles. The van der Waals surface area contributed by atoms with Gasteiger partial charge in [0, 0.05) is 20.1 Å². The monoisotopic (exact) mass is 246 g/mol. The summed E-state index contributed by atoms with van der Waals surface area (Å²) in [6.07, 6.45) is -0.277. The molecule has 0 aliphatic rings. The first-order valence-corrected chi connectivity index (χ1v) is 5.99. The van der Waals surface area contributed by atoms with Crippen LogP contribution in [0.4, 0.5) is 4.79 Å². The number of amides is 2. The Morgan fingerprint density at radius 1 is 1.29 bits per heavy atom. The lowest BCUT2D eigenvalue weighted by molar-refractivity contribution is 0.123. The smallest absolute Gasteiger partial charge is 0.317 e. The van der Waals surface area contributed by atoms with E-state index in [0.29, 0.717) is 19.5 Å². The highest BCUT2D eigenvalue weighted by Gasteiger charge is 2.22. The molecule has 5 heteroatoms. The fourth-order valence-corrected chi connectivity index (χ4v) is 1.80. The lowest BCUT2D eigenvalue weighted by Gasteiger charge is -2.28. The van der Waals surface area contributed by atoms with Crippen LogP contribution < -0.4 is 5.32 Å². The van der Waals surface area contributed by atoms with Crippen LogP contribution in [-0.4, -0.2) is 53.5 Å². The third-order valence-corrected chi connectivity index (χ3v) is 2.45. The van der Waals surface area contributed by atoms with Crippen LogP contribution in [0.25, 0.3) is 0 Å². The van der Waals surface area contributed by atoms with Crippen molar-refractivity contribution in [3.05, 3.63) is 0 Å². The number of hydrogen-bond acceptors (Lipinski definition) is 3. The van der Waals surface area contributed by atoms with Gasteiger partial charge in [-0.05, 0) is 25.7 Å². The van der Waals surface area contributed by atoms with Gasteiger partial charge < -0.3 is 20.4 Å². The van der Waals surface area contributed by atoms with Crippen LogP contribution in [-0.2, 0) is 0 Å². The summed E-state index contributed by atoms with van der Waals surface area (Å²) >= 11 is 0. The van der Waals surface area contributed by atoms with E-state index >= 15 is 0 Å². The average Bonchev–Trinajstić information content (AvgIpc) is 2.11. The molecular formula is C12H26N2O3. The number of likely N-dealkylation sites (N-methyl/N-ethyl adjacent to an activating group) is 1. The minimum atomic E-state index is -0.531. The van der Waals surface area contributed by atoms with Gasteiger partial charge in [-0.2, -0.15) is 0 Å². The molecule has 102 valence electrons. The summed E-state index contributed by atoms with van der Waals surface area (Å²) < 4.78 is 0. The summed E-state index contributed by atoms with van der Waals surface area (Å²) in [6, 6.07) is -0.204. The summed E-state index contributed by atoms with van der Waals surface area (Å²) in [5, 5.41) is 21.3. The van der Waals surface area contributed by atoms with Gasteiger partial charge in [0.05, 0.1) is 12.2 Å². The molecule has 0 rings (SSSR count). The molecule has 0 bridgehead atoms. The van der Waals surface area contributed by atoms with Crippen molar-refractivity contribution in [2.75, 3.05) is 20.1 Å². The van der Waals surface area contributed by atoms with Gasteiger partial charge in [-0.25, -0.2) is 4.79 Å². The summed E-state index contributed by atoms with van der Waals surface area (Å²) in [6.45, 7) is 8.18. The average molecular weight is 246 g/mol. The van der Waals surface area contributed by atoms with Gasteiger partial charge >= 0.3 is 6.03 Å². The van der Waals surface area contributed by atoms with E-state index in [1.54, 1.807) is 20.9 Å². The molecule has 0 saturated heterocycles. The van der Waals surface area contributed by atoms with E-state index in [2.05, 4.69) is 5.32 Å². The van der Waals surface area contributed by atoms with Gasteiger partial charge in [-0.3, -0.25) is 0 Å². The summed E-state index contributed by atoms with van der Waals surface area (Å²) in [7, 11) is 1.64. The number of aliphatic hydroxyl groups is 2. The number of hydrogen-bond donors (Lipinski definition) is 3. The molecule has 0 fully saturated rings. The predicted octanol–water partition coefficient (Wildman–Crippen LogP) is 0.806. The van der Waals surface area contributed by atoms with Crippen molar-refractivity contribution in [3.8, 4) is 0 Å². The number of aliphatic hydroxyl groups excluding tert-OH is 2. The van der Waals surface area contributed by atoms with E-state index in [9.17, 15) is 9.90 Å². The topological polar surface area (TPSA) is 72.8 Å². The maximum Gasteiger partial charge on any atom is 0.317 e. The first-order chi connectivity index (χ1) is 7.64. The molecule has 0 aromatic rings. The van der Waals surface area contributed by atoms with Crippen LogP contribution in [0.2, 0.25) is 0 Å². The molecule has 3 N–H and O–H groups in total. The molecule has 0 radical (unpaired) electrons. The van der Waals surface area contributed by atoms with Crippen molar-refractivity contribution in [1.29, 1.82) is 0 Å². The summed E-state index contributed by atoms with van der Waals surface area (Å²) in [5.74, 6) is 0. The Morgan fingerprint density at radius 3 is 2.24 bits per heavy atom. The number of carbonyl (C=O) groups is 1. The number of nitrogens with zero attached hydrogens (tertiary/aromatic N) is 1. The second-order valence-electron chi connectivity index (χ2n) is 5.61. The number of carbonyl (C=O) groups excluding carboxylic acids is 1. The van der Waals surface area contributed by atoms with Crippen LogP contribution in [0.3, 0.4) is 0 Å². The second-order valence-corrected chi connectivity index (χ2v) is 5.61. The fraction of sp³-hybridized carbons (Fsp3) is 0.917. The standard InChI is InChI=1S/C12H26N2O3/c1-9(15)6-12(3,4)8-13-11(17)14(5)7-10(2)16/h9-10,15-16H,6-8H2,1-5H3,(H,13,17). The van der Waals surface area contributed by atoms with E-state index in [4.69, 9.17) is 5.11 Å². The van der Waals surface area contributed by atoms with E-state index < -0.39 is 6.10 Å². The van der Waals surface area contributed by atoms with Crippen LogP contribution in [0.1, 0.15) is 34.1 Å². The largest absolute Gasteiger partial charge is 0.393 e. The van der Waals surface area contributed by atoms with Crippen molar-refractivity contribution in [2.24, 2.45) is 5.41 Å². The second kappa shape index (κ2) is 6.81. The molecule has 2 atom stereocenters. The third kappa shape index (κ3) is 7.99. The van der Waals surface area contributed by atoms with Crippen LogP contribution in [0.15, 0.2) is 0 Å². The van der Waals surface area contributed by atoms with Gasteiger partial charge in [0.2, 0.25) is 0 Å². The highest BCUT2D eigenvalue weighted by atomic mass is 16.3. The van der Waals surface area contributed by atoms with Crippen LogP contribution in [0, 0.1) is 5.41 Å². The zero-order valence-electron chi connectivity index (χ0n) is 11.5. The molecule has 0 aromatic heterocycles. The maximum absolute atomic E-state index is 11.7. The van der Waals surface area contributed by atoms with Crippen LogP contribution >= 0.6 is 0 Å². The van der Waals surface area contributed by atoms with E-state index in [1.807, 2.05) is 13.8 Å². The van der Waals surface area contributed by atoms with Crippen molar-refractivity contribution >= 4 is 6.03 Å². The first kappa shape index (κ1) is 16.2. The SMILES string of the molecule is CC(O)CN(C)C(=O)NCC(C)(C)CC(C)O. The molecule has 5 nitrogen and oxygen atoms in total. The lowest BCUT2D eigenvalue weighted by atomic mass is 9.87. The third-order valence-electron chi connectivity index (χ3n) is 2.45. The predicted molar refractivity (Wildman–Crippen MR) is 67.8 cm³/mol. The van der Waals surface area contributed by atoms with Gasteiger partial charge in [-0.15, -0.1) is 0 Å². The van der Waals surface area contributed by atoms with Crippen molar-refractivity contribution in [2.45, 2.75) is 46.3 Å². The molecule has 0 spiro atoms. The normalized spacial score (nSPS) is 15.2. The Balaban J connectivity index is 4.06. The Morgan fingerprint density at radius 2 is 1.82 bits per heavy atom. The van der Waals surface area contributed by atoms with E-state index in [0.717, 1.165) is 0 Å². The Hall–Kier alpha value is -0.810. The van der Waals surface area contributed by atoms with Gasteiger partial charge in [0.1, 0.15) is 0 Å². The zero-order valence-corrected chi connectivity index (χ0v) is 11.5. The van der Waals surface area contributed by atoms with Crippen molar-refractivity contribution in [3.63, 3.8) is 0 Å². The van der Waals surface area contributed by atoms with Gasteiger partial charge in [0.25, 0.3) is 0 Å². The maximum atomic E-state index is 11.7. The molecule has 17 heavy (non-hydrogen) atoms. The Kier molecular flexibility index (Phi) is 6.49. The fourth-order valence-electron chi connectivity index (χ4n) is 1.80. The molecule has 2 amide bonds. The zero-order chi connectivity index (χ0) is 13.6. The highest BCUT2D eigenvalue weighted by molar-refractivity contribution is 5.73. The van der Waals surface area contributed by atoms with Gasteiger partial charge in [0.15, 0.2) is 0 Å². The molecule has 0 aliphatic carbocycles. The van der Waals surface area contributed by atoms with Crippen molar-refractivity contribution in [1.82, 2.24) is 10.2 Å². The quantitative estimate of drug-likeness (QED) is 0.649. The van der Waals surface area contributed by atoms with Gasteiger partial charge in [-0.1, -0.05) is 13.8 Å². The first-order valence-electron chi connectivity index (χ1n) is 5.99. The Bertz CT molecular complexity index is 240. The molecule has 0 saturated carbocycles. The Labute approximate surface area is 104 Å². The minimum absolute atomic E-state index is 0.143. The van der Waals surface area contributed by atoms with Crippen LogP contribution in [0.5, 0.6) is 0 Å². The van der Waals surface area contributed by atoms with E-state index in [1.165, 1.54) is 4.90 Å².